The van der Waals surface area contributed by atoms with Gasteiger partial charge >= 0.3 is 6.03 Å². The molecule has 0 aliphatic carbocycles. The quantitative estimate of drug-likeness (QED) is 0.665. The van der Waals surface area contributed by atoms with Crippen LogP contribution in [-0.2, 0) is 4.79 Å². The molecule has 6 nitrogen and oxygen atoms in total. The number of amides is 3. The molecule has 1 aliphatic heterocycles. The molecule has 0 saturated carbocycles. The smallest absolute Gasteiger partial charge is 0.328 e. The van der Waals surface area contributed by atoms with Gasteiger partial charge in [-0.25, -0.2) is 4.79 Å². The van der Waals surface area contributed by atoms with Crippen LogP contribution in [0.3, 0.4) is 0 Å². The fourth-order valence-electron chi connectivity index (χ4n) is 1.95. The minimum atomic E-state index is -0.435. The highest BCUT2D eigenvalue weighted by molar-refractivity contribution is 6.13. The molecule has 0 atom stereocenters. The third kappa shape index (κ3) is 3.16. The van der Waals surface area contributed by atoms with E-state index in [4.69, 9.17) is 9.47 Å². The van der Waals surface area contributed by atoms with E-state index in [0.717, 1.165) is 4.90 Å². The predicted octanol–water partition coefficient (Wildman–Crippen LogP) is 2.01. The van der Waals surface area contributed by atoms with Gasteiger partial charge in [0, 0.05) is 18.7 Å². The number of urea groups is 1. The molecule has 21 heavy (non-hydrogen) atoms. The molecule has 1 fully saturated rings. The van der Waals surface area contributed by atoms with E-state index in [1.165, 1.54) is 7.05 Å². The Morgan fingerprint density at radius 1 is 1.19 bits per heavy atom. The standard InChI is InChI=1S/C15H18N2O4/c1-4-20-11-7-6-10(13(9-11)21-5-2)8-12-14(18)17(3)15(19)16-12/h6-9H,4-5H2,1-3H3,(H,16,19)/b12-8+. The van der Waals surface area contributed by atoms with Gasteiger partial charge in [-0.1, -0.05) is 0 Å². The van der Waals surface area contributed by atoms with E-state index in [-0.39, 0.29) is 11.6 Å². The number of ether oxygens (including phenoxy) is 2. The molecule has 112 valence electrons. The maximum Gasteiger partial charge on any atom is 0.328 e. The minimum absolute atomic E-state index is 0.229. The Bertz CT molecular complexity index is 595. The van der Waals surface area contributed by atoms with Gasteiger partial charge in [-0.15, -0.1) is 0 Å². The van der Waals surface area contributed by atoms with Crippen molar-refractivity contribution in [1.29, 1.82) is 0 Å². The van der Waals surface area contributed by atoms with Gasteiger partial charge in [0.05, 0.1) is 13.2 Å². The molecule has 1 heterocycles. The van der Waals surface area contributed by atoms with Crippen molar-refractivity contribution in [3.8, 4) is 11.5 Å². The molecule has 1 saturated heterocycles. The molecule has 1 aromatic rings. The molecule has 2 rings (SSSR count). The number of benzene rings is 1. The van der Waals surface area contributed by atoms with Crippen LogP contribution >= 0.6 is 0 Å². The molecule has 0 bridgehead atoms. The van der Waals surface area contributed by atoms with Crippen molar-refractivity contribution in [2.45, 2.75) is 13.8 Å². The Balaban J connectivity index is 2.35. The van der Waals surface area contributed by atoms with Crippen molar-refractivity contribution in [1.82, 2.24) is 10.2 Å². The van der Waals surface area contributed by atoms with E-state index >= 15 is 0 Å². The fraction of sp³-hybridized carbons (Fsp3) is 0.333. The molecule has 1 N–H and O–H groups in total. The van der Waals surface area contributed by atoms with Gasteiger partial charge in [0.15, 0.2) is 0 Å². The van der Waals surface area contributed by atoms with E-state index in [1.807, 2.05) is 13.8 Å². The van der Waals surface area contributed by atoms with Crippen LogP contribution in [0.1, 0.15) is 19.4 Å². The van der Waals surface area contributed by atoms with Crippen LogP contribution in [-0.4, -0.2) is 37.1 Å². The maximum absolute atomic E-state index is 11.9. The summed E-state index contributed by atoms with van der Waals surface area (Å²) < 4.78 is 11.0. The van der Waals surface area contributed by atoms with E-state index in [0.29, 0.717) is 30.3 Å². The van der Waals surface area contributed by atoms with Gasteiger partial charge in [-0.3, -0.25) is 9.69 Å². The number of likely N-dealkylation sites (N-methyl/N-ethyl adjacent to an activating group) is 1. The van der Waals surface area contributed by atoms with Crippen LogP contribution in [0.2, 0.25) is 0 Å². The summed E-state index contributed by atoms with van der Waals surface area (Å²) in [7, 11) is 1.43. The second-order valence-corrected chi connectivity index (χ2v) is 4.42. The third-order valence-electron chi connectivity index (χ3n) is 2.98. The van der Waals surface area contributed by atoms with Crippen molar-refractivity contribution in [2.24, 2.45) is 0 Å². The monoisotopic (exact) mass is 290 g/mol. The lowest BCUT2D eigenvalue weighted by Gasteiger charge is -2.10. The van der Waals surface area contributed by atoms with Crippen molar-refractivity contribution in [2.75, 3.05) is 20.3 Å². The molecule has 6 heteroatoms. The Hall–Kier alpha value is -2.50. The Labute approximate surface area is 123 Å². The topological polar surface area (TPSA) is 67.9 Å². The zero-order chi connectivity index (χ0) is 15.4. The van der Waals surface area contributed by atoms with Crippen LogP contribution in [0.5, 0.6) is 11.5 Å². The van der Waals surface area contributed by atoms with E-state index in [1.54, 1.807) is 24.3 Å². The van der Waals surface area contributed by atoms with Gasteiger partial charge in [0.1, 0.15) is 17.2 Å². The maximum atomic E-state index is 11.9. The summed E-state index contributed by atoms with van der Waals surface area (Å²) in [6.07, 6.45) is 1.60. The van der Waals surface area contributed by atoms with Crippen molar-refractivity contribution in [3.63, 3.8) is 0 Å². The summed E-state index contributed by atoms with van der Waals surface area (Å²) in [5, 5.41) is 2.52. The SMILES string of the molecule is CCOc1ccc(/C=C2/NC(=O)N(C)C2=O)c(OCC)c1. The first-order valence-corrected chi connectivity index (χ1v) is 6.77. The van der Waals surface area contributed by atoms with Gasteiger partial charge in [-0.2, -0.15) is 0 Å². The minimum Gasteiger partial charge on any atom is -0.494 e. The predicted molar refractivity (Wildman–Crippen MR) is 78.1 cm³/mol. The third-order valence-corrected chi connectivity index (χ3v) is 2.98. The van der Waals surface area contributed by atoms with Gasteiger partial charge in [0.25, 0.3) is 5.91 Å². The highest BCUT2D eigenvalue weighted by Crippen LogP contribution is 2.27. The Morgan fingerprint density at radius 3 is 2.48 bits per heavy atom. The molecule has 0 spiro atoms. The summed E-state index contributed by atoms with van der Waals surface area (Å²) in [6, 6.07) is 4.92. The molecule has 0 aromatic heterocycles. The lowest BCUT2D eigenvalue weighted by Crippen LogP contribution is -2.25. The van der Waals surface area contributed by atoms with Gasteiger partial charge in [-0.05, 0) is 32.1 Å². The summed E-state index contributed by atoms with van der Waals surface area (Å²) in [6.45, 7) is 4.83. The summed E-state index contributed by atoms with van der Waals surface area (Å²) in [5.74, 6) is 0.936. The normalized spacial score (nSPS) is 16.3. The van der Waals surface area contributed by atoms with Crippen molar-refractivity contribution in [3.05, 3.63) is 29.5 Å². The number of hydrogen-bond acceptors (Lipinski definition) is 4. The first kappa shape index (κ1) is 14.9. The molecule has 1 aromatic carbocycles. The second kappa shape index (κ2) is 6.30. The lowest BCUT2D eigenvalue weighted by atomic mass is 10.1. The molecule has 1 aliphatic rings. The highest BCUT2D eigenvalue weighted by atomic mass is 16.5. The van der Waals surface area contributed by atoms with E-state index < -0.39 is 6.03 Å². The first-order chi connectivity index (χ1) is 10.1. The molecule has 0 radical (unpaired) electrons. The molecular weight excluding hydrogens is 272 g/mol. The number of rotatable bonds is 5. The van der Waals surface area contributed by atoms with Crippen LogP contribution in [0.15, 0.2) is 23.9 Å². The number of nitrogens with zero attached hydrogens (tertiary/aromatic N) is 1. The average molecular weight is 290 g/mol. The van der Waals surface area contributed by atoms with Crippen LogP contribution < -0.4 is 14.8 Å². The van der Waals surface area contributed by atoms with E-state index in [9.17, 15) is 9.59 Å². The zero-order valence-corrected chi connectivity index (χ0v) is 12.3. The number of nitrogens with one attached hydrogen (secondary N) is 1. The Kier molecular flexibility index (Phi) is 4.47. The van der Waals surface area contributed by atoms with Gasteiger partial charge in [0.2, 0.25) is 0 Å². The van der Waals surface area contributed by atoms with E-state index in [2.05, 4.69) is 5.32 Å². The average Bonchev–Trinajstić information content (AvgIpc) is 2.70. The summed E-state index contributed by atoms with van der Waals surface area (Å²) >= 11 is 0. The summed E-state index contributed by atoms with van der Waals surface area (Å²) in [5.41, 5.74) is 0.937. The number of hydrogen-bond donors (Lipinski definition) is 1. The lowest BCUT2D eigenvalue weighted by molar-refractivity contribution is -0.121. The van der Waals surface area contributed by atoms with Crippen LogP contribution in [0.4, 0.5) is 4.79 Å². The number of carbonyl (C=O) groups excluding carboxylic acids is 2. The number of imide groups is 1. The largest absolute Gasteiger partial charge is 0.494 e. The molecular formula is C15H18N2O4. The van der Waals surface area contributed by atoms with Gasteiger partial charge < -0.3 is 14.8 Å². The van der Waals surface area contributed by atoms with Crippen molar-refractivity contribution < 1.29 is 19.1 Å². The summed E-state index contributed by atoms with van der Waals surface area (Å²) in [4.78, 5) is 24.3. The zero-order valence-electron chi connectivity index (χ0n) is 12.3. The Morgan fingerprint density at radius 2 is 1.90 bits per heavy atom. The highest BCUT2D eigenvalue weighted by Gasteiger charge is 2.30. The number of carbonyl (C=O) groups is 2. The molecule has 0 unspecified atom stereocenters. The fourth-order valence-corrected chi connectivity index (χ4v) is 1.95. The first-order valence-electron chi connectivity index (χ1n) is 6.77. The van der Waals surface area contributed by atoms with Crippen LogP contribution in [0, 0.1) is 0 Å². The molecule has 3 amide bonds. The van der Waals surface area contributed by atoms with Crippen LogP contribution in [0.25, 0.3) is 6.08 Å². The van der Waals surface area contributed by atoms with Crippen molar-refractivity contribution >= 4 is 18.0 Å². The second-order valence-electron chi connectivity index (χ2n) is 4.42.